The van der Waals surface area contributed by atoms with Crippen LogP contribution in [0.25, 0.3) is 0 Å². The zero-order valence-electron chi connectivity index (χ0n) is 13.2. The van der Waals surface area contributed by atoms with Gasteiger partial charge in [0.15, 0.2) is 0 Å². The van der Waals surface area contributed by atoms with E-state index in [9.17, 15) is 4.79 Å². The normalized spacial score (nSPS) is 18.3. The highest BCUT2D eigenvalue weighted by Crippen LogP contribution is 2.34. The highest BCUT2D eigenvalue weighted by molar-refractivity contribution is 5.96. The molecular weight excluding hydrogens is 264 g/mol. The largest absolute Gasteiger partial charge is 0.381 e. The summed E-state index contributed by atoms with van der Waals surface area (Å²) in [5.41, 5.74) is 7.41. The van der Waals surface area contributed by atoms with Crippen LogP contribution in [0.4, 0.5) is 5.69 Å². The molecule has 1 saturated heterocycles. The van der Waals surface area contributed by atoms with Crippen molar-refractivity contribution in [2.45, 2.75) is 39.0 Å². The average molecular weight is 290 g/mol. The number of rotatable bonds is 3. The van der Waals surface area contributed by atoms with Gasteiger partial charge in [0.1, 0.15) is 0 Å². The lowest BCUT2D eigenvalue weighted by Crippen LogP contribution is -2.46. The van der Waals surface area contributed by atoms with Crippen LogP contribution in [0.15, 0.2) is 24.3 Å². The van der Waals surface area contributed by atoms with E-state index < -0.39 is 5.41 Å². The molecule has 1 aromatic rings. The van der Waals surface area contributed by atoms with E-state index in [-0.39, 0.29) is 11.3 Å². The maximum absolute atomic E-state index is 12.8. The van der Waals surface area contributed by atoms with Crippen molar-refractivity contribution in [3.05, 3.63) is 29.8 Å². The molecule has 116 valence electrons. The van der Waals surface area contributed by atoms with E-state index >= 15 is 0 Å². The molecule has 1 aliphatic heterocycles. The maximum atomic E-state index is 12.8. The summed E-state index contributed by atoms with van der Waals surface area (Å²) in [6.45, 7) is 8.00. The number of amides is 1. The Kier molecular flexibility index (Phi) is 4.69. The fourth-order valence-corrected chi connectivity index (χ4v) is 2.79. The number of hydrogen-bond acceptors (Lipinski definition) is 3. The van der Waals surface area contributed by atoms with Crippen LogP contribution in [0.5, 0.6) is 0 Å². The van der Waals surface area contributed by atoms with Gasteiger partial charge in [-0.05, 0) is 29.9 Å². The van der Waals surface area contributed by atoms with Crippen molar-refractivity contribution in [1.29, 1.82) is 0 Å². The fourth-order valence-electron chi connectivity index (χ4n) is 2.79. The second-order valence-electron chi connectivity index (χ2n) is 6.85. The number of carbonyl (C=O) groups is 1. The number of benzene rings is 1. The Balaban J connectivity index is 2.23. The number of hydrogen-bond donors (Lipinski definition) is 2. The van der Waals surface area contributed by atoms with Gasteiger partial charge >= 0.3 is 0 Å². The van der Waals surface area contributed by atoms with Gasteiger partial charge in [0, 0.05) is 25.4 Å². The third kappa shape index (κ3) is 3.44. The van der Waals surface area contributed by atoms with Gasteiger partial charge in [0.25, 0.3) is 0 Å². The van der Waals surface area contributed by atoms with Crippen molar-refractivity contribution < 1.29 is 9.53 Å². The van der Waals surface area contributed by atoms with Gasteiger partial charge in [-0.15, -0.1) is 0 Å². The fraction of sp³-hybridized carbons (Fsp3) is 0.588. The van der Waals surface area contributed by atoms with E-state index in [1.54, 1.807) is 0 Å². The van der Waals surface area contributed by atoms with Crippen LogP contribution in [-0.2, 0) is 14.9 Å². The maximum Gasteiger partial charge on any atom is 0.232 e. The van der Waals surface area contributed by atoms with Crippen LogP contribution in [0.2, 0.25) is 0 Å². The third-order valence-corrected chi connectivity index (χ3v) is 4.31. The minimum absolute atomic E-state index is 0.0184. The van der Waals surface area contributed by atoms with Crippen LogP contribution >= 0.6 is 0 Å². The minimum atomic E-state index is -0.497. The van der Waals surface area contributed by atoms with Crippen LogP contribution in [0, 0.1) is 5.41 Å². The predicted molar refractivity (Wildman–Crippen MR) is 85.3 cm³/mol. The lowest BCUT2D eigenvalue weighted by Gasteiger charge is -2.35. The van der Waals surface area contributed by atoms with E-state index in [2.05, 4.69) is 32.2 Å². The summed E-state index contributed by atoms with van der Waals surface area (Å²) < 4.78 is 5.37. The second-order valence-corrected chi connectivity index (χ2v) is 6.85. The summed E-state index contributed by atoms with van der Waals surface area (Å²) in [4.78, 5) is 12.8. The van der Waals surface area contributed by atoms with Crippen molar-refractivity contribution in [3.8, 4) is 0 Å². The Morgan fingerprint density at radius 2 is 1.90 bits per heavy atom. The molecule has 1 amide bonds. The first kappa shape index (κ1) is 16.0. The molecule has 0 radical (unpaired) electrons. The van der Waals surface area contributed by atoms with Crippen molar-refractivity contribution in [2.75, 3.05) is 25.1 Å². The number of anilines is 1. The molecule has 4 nitrogen and oxygen atoms in total. The molecule has 0 spiro atoms. The zero-order valence-corrected chi connectivity index (χ0v) is 13.2. The molecule has 2 rings (SSSR count). The molecule has 1 heterocycles. The Bertz CT molecular complexity index is 500. The highest BCUT2D eigenvalue weighted by Gasteiger charge is 2.39. The molecule has 0 unspecified atom stereocenters. The van der Waals surface area contributed by atoms with Gasteiger partial charge in [-0.3, -0.25) is 4.79 Å². The molecule has 21 heavy (non-hydrogen) atoms. The van der Waals surface area contributed by atoms with E-state index in [0.29, 0.717) is 32.6 Å². The molecule has 0 saturated carbocycles. The topological polar surface area (TPSA) is 64.4 Å². The minimum Gasteiger partial charge on any atom is -0.381 e. The summed E-state index contributed by atoms with van der Waals surface area (Å²) in [5, 5.41) is 3.10. The molecule has 1 aromatic carbocycles. The molecule has 1 aliphatic rings. The van der Waals surface area contributed by atoms with Crippen LogP contribution in [-0.4, -0.2) is 25.7 Å². The first-order chi connectivity index (χ1) is 9.89. The lowest BCUT2D eigenvalue weighted by molar-refractivity contribution is -0.130. The predicted octanol–water partition coefficient (Wildman–Crippen LogP) is 2.68. The summed E-state index contributed by atoms with van der Waals surface area (Å²) in [7, 11) is 0. The first-order valence-corrected chi connectivity index (χ1v) is 7.58. The summed E-state index contributed by atoms with van der Waals surface area (Å²) in [5.74, 6) is 0.0185. The number of nitrogens with two attached hydrogens (primary N) is 1. The molecule has 0 aliphatic carbocycles. The van der Waals surface area contributed by atoms with Crippen molar-refractivity contribution in [1.82, 2.24) is 0 Å². The van der Waals surface area contributed by atoms with Gasteiger partial charge in [-0.2, -0.15) is 0 Å². The van der Waals surface area contributed by atoms with E-state index in [1.165, 1.54) is 0 Å². The molecule has 0 aromatic heterocycles. The molecule has 3 N–H and O–H groups in total. The van der Waals surface area contributed by atoms with E-state index in [1.807, 2.05) is 18.2 Å². The number of carbonyl (C=O) groups excluding carboxylic acids is 1. The van der Waals surface area contributed by atoms with E-state index in [0.717, 1.165) is 11.3 Å². The first-order valence-electron chi connectivity index (χ1n) is 7.58. The van der Waals surface area contributed by atoms with Gasteiger partial charge in [0.2, 0.25) is 5.91 Å². The summed E-state index contributed by atoms with van der Waals surface area (Å²) in [6.07, 6.45) is 1.38. The average Bonchev–Trinajstić information content (AvgIpc) is 2.47. The number of para-hydroxylation sites is 1. The third-order valence-electron chi connectivity index (χ3n) is 4.31. The Hall–Kier alpha value is -1.39. The Morgan fingerprint density at radius 1 is 1.29 bits per heavy atom. The Labute approximate surface area is 127 Å². The molecule has 0 atom stereocenters. The summed E-state index contributed by atoms with van der Waals surface area (Å²) >= 11 is 0. The van der Waals surface area contributed by atoms with Crippen molar-refractivity contribution in [2.24, 2.45) is 11.1 Å². The SMILES string of the molecule is CC(C)(C)c1ccccc1NC(=O)C1(CN)CCOCC1. The number of nitrogens with one attached hydrogen (secondary N) is 1. The zero-order chi connectivity index (χ0) is 15.5. The van der Waals surface area contributed by atoms with Gasteiger partial charge in [0.05, 0.1) is 5.41 Å². The highest BCUT2D eigenvalue weighted by atomic mass is 16.5. The summed E-state index contributed by atoms with van der Waals surface area (Å²) in [6, 6.07) is 7.98. The van der Waals surface area contributed by atoms with Crippen molar-refractivity contribution >= 4 is 11.6 Å². The van der Waals surface area contributed by atoms with Crippen LogP contribution in [0.3, 0.4) is 0 Å². The van der Waals surface area contributed by atoms with Crippen LogP contribution in [0.1, 0.15) is 39.2 Å². The molecule has 4 heteroatoms. The van der Waals surface area contributed by atoms with Gasteiger partial charge < -0.3 is 15.8 Å². The second kappa shape index (κ2) is 6.16. The van der Waals surface area contributed by atoms with Crippen LogP contribution < -0.4 is 11.1 Å². The van der Waals surface area contributed by atoms with Crippen molar-refractivity contribution in [3.63, 3.8) is 0 Å². The molecular formula is C17H26N2O2. The smallest absolute Gasteiger partial charge is 0.232 e. The number of ether oxygens (including phenoxy) is 1. The lowest BCUT2D eigenvalue weighted by atomic mass is 9.79. The van der Waals surface area contributed by atoms with Gasteiger partial charge in [-0.1, -0.05) is 39.0 Å². The molecule has 1 fully saturated rings. The monoisotopic (exact) mass is 290 g/mol. The van der Waals surface area contributed by atoms with E-state index in [4.69, 9.17) is 10.5 Å². The quantitative estimate of drug-likeness (QED) is 0.899. The molecule has 0 bridgehead atoms. The standard InChI is InChI=1S/C17H26N2O2/c1-16(2,3)13-6-4-5-7-14(13)19-15(20)17(12-18)8-10-21-11-9-17/h4-7H,8-12,18H2,1-3H3,(H,19,20). The van der Waals surface area contributed by atoms with Gasteiger partial charge in [-0.25, -0.2) is 0 Å². The Morgan fingerprint density at radius 3 is 2.48 bits per heavy atom.